The van der Waals surface area contributed by atoms with Crippen molar-refractivity contribution in [2.75, 3.05) is 11.1 Å². The number of anilines is 3. The maximum absolute atomic E-state index is 12.7. The van der Waals surface area contributed by atoms with E-state index in [-0.39, 0.29) is 17.8 Å². The summed E-state index contributed by atoms with van der Waals surface area (Å²) in [6.07, 6.45) is -3.47. The zero-order valence-corrected chi connectivity index (χ0v) is 12.2. The molecule has 2 aromatic rings. The molecule has 0 aliphatic heterocycles. The highest BCUT2D eigenvalue weighted by Gasteiger charge is 2.33. The van der Waals surface area contributed by atoms with E-state index < -0.39 is 22.7 Å². The quantitative estimate of drug-likeness (QED) is 0.735. The lowest BCUT2D eigenvalue weighted by Crippen LogP contribution is -2.08. The zero-order valence-electron chi connectivity index (χ0n) is 11.5. The first-order valence-corrected chi connectivity index (χ1v) is 6.64. The number of alkyl halides is 3. The summed E-state index contributed by atoms with van der Waals surface area (Å²) in [5, 5.41) is 11.0. The highest BCUT2D eigenvalue weighted by Crippen LogP contribution is 2.39. The number of nitrogens with zero attached hydrogens (tertiary/aromatic N) is 1. The first kappa shape index (κ1) is 16.9. The molecule has 9 heteroatoms. The number of nitrogens with two attached hydrogens (primary N) is 1. The Morgan fingerprint density at radius 1 is 1.35 bits per heavy atom. The smallest absolute Gasteiger partial charge is 0.417 e. The molecular weight excluding hydrogens is 335 g/mol. The molecule has 0 saturated carbocycles. The molecule has 0 radical (unpaired) electrons. The van der Waals surface area contributed by atoms with E-state index in [1.54, 1.807) is 0 Å². The van der Waals surface area contributed by atoms with Gasteiger partial charge in [-0.05, 0) is 24.3 Å². The highest BCUT2D eigenvalue weighted by molar-refractivity contribution is 6.32. The van der Waals surface area contributed by atoms with E-state index in [4.69, 9.17) is 22.4 Å². The van der Waals surface area contributed by atoms with E-state index >= 15 is 0 Å². The average Bonchev–Trinajstić information content (AvgIpc) is 2.43. The molecule has 0 unspecified atom stereocenters. The second-order valence-electron chi connectivity index (χ2n) is 4.65. The number of aromatic nitrogens is 1. The van der Waals surface area contributed by atoms with Gasteiger partial charge in [0.15, 0.2) is 0 Å². The van der Waals surface area contributed by atoms with Crippen LogP contribution in [0.25, 0.3) is 0 Å². The molecule has 122 valence electrons. The van der Waals surface area contributed by atoms with E-state index in [2.05, 4.69) is 10.3 Å². The lowest BCUT2D eigenvalue weighted by Gasteiger charge is -2.14. The monoisotopic (exact) mass is 345 g/mol. The van der Waals surface area contributed by atoms with Gasteiger partial charge in [-0.1, -0.05) is 11.6 Å². The number of hydrogen-bond donors (Lipinski definition) is 3. The number of nitrogens with one attached hydrogen (secondary N) is 1. The first-order chi connectivity index (χ1) is 10.7. The van der Waals surface area contributed by atoms with Crippen LogP contribution in [0.3, 0.4) is 0 Å². The number of pyridine rings is 1. The third-order valence-electron chi connectivity index (χ3n) is 2.88. The number of hydrogen-bond acceptors (Lipinski definition) is 4. The van der Waals surface area contributed by atoms with Crippen LogP contribution in [0.1, 0.15) is 11.3 Å². The van der Waals surface area contributed by atoms with Crippen molar-refractivity contribution >= 4 is 34.6 Å². The molecule has 0 spiro atoms. The molecule has 0 fully saturated rings. The normalized spacial score (nSPS) is 11.3. The van der Waals surface area contributed by atoms with Crippen molar-refractivity contribution < 1.29 is 23.1 Å². The summed E-state index contributed by atoms with van der Waals surface area (Å²) in [6.45, 7) is 0. The summed E-state index contributed by atoms with van der Waals surface area (Å²) >= 11 is 5.64. The molecule has 0 saturated heterocycles. The molecule has 0 aliphatic rings. The van der Waals surface area contributed by atoms with Crippen LogP contribution in [-0.4, -0.2) is 16.1 Å². The van der Waals surface area contributed by atoms with Crippen molar-refractivity contribution in [3.63, 3.8) is 0 Å². The first-order valence-electron chi connectivity index (χ1n) is 6.27. The molecule has 1 heterocycles. The topological polar surface area (TPSA) is 88.2 Å². The average molecular weight is 346 g/mol. The van der Waals surface area contributed by atoms with Crippen LogP contribution >= 0.6 is 11.6 Å². The van der Waals surface area contributed by atoms with Crippen LogP contribution in [0.15, 0.2) is 30.5 Å². The summed E-state index contributed by atoms with van der Waals surface area (Å²) in [4.78, 5) is 14.5. The second kappa shape index (κ2) is 6.33. The number of nitrogen functional groups attached to an aromatic ring is 1. The van der Waals surface area contributed by atoms with E-state index in [9.17, 15) is 18.0 Å². The molecule has 1 aromatic heterocycles. The summed E-state index contributed by atoms with van der Waals surface area (Å²) in [7, 11) is 0. The Kier molecular flexibility index (Phi) is 4.65. The summed E-state index contributed by atoms with van der Waals surface area (Å²) in [5.41, 5.74) is 5.44. The van der Waals surface area contributed by atoms with Crippen molar-refractivity contribution in [2.45, 2.75) is 12.6 Å². The van der Waals surface area contributed by atoms with Gasteiger partial charge < -0.3 is 16.2 Å². The van der Waals surface area contributed by atoms with Crippen LogP contribution in [-0.2, 0) is 17.4 Å². The predicted molar refractivity (Wildman–Crippen MR) is 79.7 cm³/mol. The van der Waals surface area contributed by atoms with Crippen molar-refractivity contribution in [2.24, 2.45) is 0 Å². The fourth-order valence-corrected chi connectivity index (χ4v) is 2.10. The molecule has 1 aromatic carbocycles. The van der Waals surface area contributed by atoms with E-state index in [1.807, 2.05) is 0 Å². The molecule has 0 amide bonds. The minimum atomic E-state index is -4.59. The Hall–Kier alpha value is -2.48. The standard InChI is InChI=1S/C14H11ClF3N3O2/c15-10-5-12(11(19)4-9(10)14(16,17)18)21-8-2-1-7(20-6-8)3-13(22)23/h1-2,4-6,21H,3,19H2,(H,22,23). The van der Waals surface area contributed by atoms with Gasteiger partial charge in [0.1, 0.15) is 0 Å². The molecule has 0 bridgehead atoms. The number of carbonyl (C=O) groups is 1. The lowest BCUT2D eigenvalue weighted by atomic mass is 10.1. The molecule has 5 nitrogen and oxygen atoms in total. The minimum Gasteiger partial charge on any atom is -0.481 e. The van der Waals surface area contributed by atoms with Crippen molar-refractivity contribution in [3.05, 3.63) is 46.7 Å². The van der Waals surface area contributed by atoms with Crippen LogP contribution < -0.4 is 11.1 Å². The predicted octanol–water partition coefficient (Wildman–Crippen LogP) is 3.71. The van der Waals surface area contributed by atoms with Gasteiger partial charge in [-0.3, -0.25) is 9.78 Å². The maximum Gasteiger partial charge on any atom is 0.417 e. The van der Waals surface area contributed by atoms with Gasteiger partial charge in [0.25, 0.3) is 0 Å². The molecule has 0 atom stereocenters. The van der Waals surface area contributed by atoms with Crippen LogP contribution in [0.4, 0.5) is 30.2 Å². The Balaban J connectivity index is 2.23. The van der Waals surface area contributed by atoms with Crippen LogP contribution in [0, 0.1) is 0 Å². The van der Waals surface area contributed by atoms with Gasteiger partial charge in [0.2, 0.25) is 0 Å². The number of halogens is 4. The Morgan fingerprint density at radius 3 is 2.57 bits per heavy atom. The Bertz CT molecular complexity index is 733. The van der Waals surface area contributed by atoms with Crippen LogP contribution in [0.2, 0.25) is 5.02 Å². The third kappa shape index (κ3) is 4.26. The second-order valence-corrected chi connectivity index (χ2v) is 5.06. The maximum atomic E-state index is 12.7. The molecule has 0 aliphatic carbocycles. The summed E-state index contributed by atoms with van der Waals surface area (Å²) < 4.78 is 38.2. The number of carboxylic acids is 1. The lowest BCUT2D eigenvalue weighted by molar-refractivity contribution is -0.138. The van der Waals surface area contributed by atoms with Gasteiger partial charge in [-0.25, -0.2) is 0 Å². The minimum absolute atomic E-state index is 0.128. The fourth-order valence-electron chi connectivity index (χ4n) is 1.83. The SMILES string of the molecule is Nc1cc(C(F)(F)F)c(Cl)cc1Nc1ccc(CC(=O)O)nc1. The van der Waals surface area contributed by atoms with Crippen LogP contribution in [0.5, 0.6) is 0 Å². The largest absolute Gasteiger partial charge is 0.481 e. The van der Waals surface area contributed by atoms with Gasteiger partial charge in [0.05, 0.1) is 46.0 Å². The Morgan fingerprint density at radius 2 is 2.04 bits per heavy atom. The fraction of sp³-hybridized carbons (Fsp3) is 0.143. The highest BCUT2D eigenvalue weighted by atomic mass is 35.5. The number of rotatable bonds is 4. The van der Waals surface area contributed by atoms with Gasteiger partial charge in [-0.15, -0.1) is 0 Å². The van der Waals surface area contributed by atoms with Gasteiger partial charge in [-0.2, -0.15) is 13.2 Å². The molecule has 4 N–H and O–H groups in total. The van der Waals surface area contributed by atoms with Gasteiger partial charge >= 0.3 is 12.1 Å². The van der Waals surface area contributed by atoms with Crippen molar-refractivity contribution in [3.8, 4) is 0 Å². The van der Waals surface area contributed by atoms with Gasteiger partial charge in [0, 0.05) is 0 Å². The number of benzene rings is 1. The van der Waals surface area contributed by atoms with E-state index in [0.717, 1.165) is 12.1 Å². The number of carboxylic acid groups (broad SMARTS) is 1. The number of aliphatic carboxylic acids is 1. The van der Waals surface area contributed by atoms with E-state index in [0.29, 0.717) is 11.4 Å². The van der Waals surface area contributed by atoms with Crippen molar-refractivity contribution in [1.82, 2.24) is 4.98 Å². The van der Waals surface area contributed by atoms with Crippen molar-refractivity contribution in [1.29, 1.82) is 0 Å². The molecule has 23 heavy (non-hydrogen) atoms. The summed E-state index contributed by atoms with van der Waals surface area (Å²) in [6, 6.07) is 4.84. The zero-order chi connectivity index (χ0) is 17.2. The third-order valence-corrected chi connectivity index (χ3v) is 3.19. The Labute approximate surface area is 133 Å². The molecule has 2 rings (SSSR count). The van der Waals surface area contributed by atoms with E-state index in [1.165, 1.54) is 18.3 Å². The molecular formula is C14H11ClF3N3O2. The summed E-state index contributed by atoms with van der Waals surface area (Å²) in [5.74, 6) is -1.02.